The summed E-state index contributed by atoms with van der Waals surface area (Å²) in [5.74, 6) is -0.267. The first-order chi connectivity index (χ1) is 36.1. The van der Waals surface area contributed by atoms with Crippen LogP contribution in [0.15, 0.2) is 24.3 Å². The van der Waals surface area contributed by atoms with Crippen molar-refractivity contribution in [2.24, 2.45) is 17.8 Å². The molecule has 0 aromatic carbocycles. The number of fused-ring (bicyclic) bond motifs is 3. The Bertz CT molecular complexity index is 1940. The molecule has 0 radical (unpaired) electrons. The second-order valence-corrected chi connectivity index (χ2v) is 43.8. The number of likely N-dealkylation sites (N-methyl/N-ethyl adjacent to an activating group) is 1. The summed E-state index contributed by atoms with van der Waals surface area (Å²) in [6.45, 7) is 51.3. The van der Waals surface area contributed by atoms with Gasteiger partial charge in [-0.2, -0.15) is 0 Å². The van der Waals surface area contributed by atoms with Crippen LogP contribution in [0.1, 0.15) is 163 Å². The maximum atomic E-state index is 15.3. The highest BCUT2D eigenvalue weighted by molar-refractivity contribution is 6.75. The van der Waals surface area contributed by atoms with Crippen molar-refractivity contribution in [2.45, 2.75) is 309 Å². The first kappa shape index (κ1) is 70.6. The van der Waals surface area contributed by atoms with Crippen LogP contribution in [0.2, 0.25) is 54.4 Å². The predicted octanol–water partition coefficient (Wildman–Crippen LogP) is 13.6. The molecular weight excluding hydrogens is 1050 g/mol. The molecule has 0 spiro atoms. The van der Waals surface area contributed by atoms with Crippen LogP contribution in [0.5, 0.6) is 0 Å². The predicted molar refractivity (Wildman–Crippen MR) is 323 cm³/mol. The second-order valence-electron chi connectivity index (χ2n) is 29.6. The lowest BCUT2D eigenvalue weighted by molar-refractivity contribution is -0.879. The third-order valence-corrected chi connectivity index (χ3v) is 32.0. The summed E-state index contributed by atoms with van der Waals surface area (Å²) in [6.07, 6.45) is 3.10. The molecule has 15 nitrogen and oxygen atoms in total. The van der Waals surface area contributed by atoms with Gasteiger partial charge in [-0.15, -0.1) is 0 Å². The summed E-state index contributed by atoms with van der Waals surface area (Å²) >= 11 is 0. The zero-order valence-electron chi connectivity index (χ0n) is 54.7. The number of esters is 1. The molecule has 3 fully saturated rings. The number of ether oxygens (including phenoxy) is 9. The quantitative estimate of drug-likeness (QED) is 0.0522. The fraction of sp³-hybridized carbons (Fsp3) is 0.918. The second kappa shape index (κ2) is 28.1. The molecule has 0 saturated carbocycles. The zero-order valence-corrected chi connectivity index (χ0v) is 57.7. The SMILES string of the molecule is CCCO[C@@]1(C)C[C@@H](O[C@@H]2[C@@H]([N+](C)(C)[O-])[C@H](O[Si](C)(C)C(C)(C)C)[C@@H](O[C@H]3[C@H]4CC(O[Si](C)(C)C(C)(C)C)O[C@H](CC(=O)O[C@H](C)C/C=C/C=C/[C@H](O[Si](C)(C)C(C)(C)C)[C@H](C)C4)[C@@H]3OC)O[C@H]2C)O[C@H](C)[C@H]1OCCC(C)C. The Hall–Kier alpha value is -0.919. The van der Waals surface area contributed by atoms with Gasteiger partial charge >= 0.3 is 5.97 Å². The third kappa shape index (κ3) is 19.0. The van der Waals surface area contributed by atoms with Crippen LogP contribution in [0.25, 0.3) is 0 Å². The highest BCUT2D eigenvalue weighted by atomic mass is 28.4. The minimum absolute atomic E-state index is 0.0347. The van der Waals surface area contributed by atoms with Crippen molar-refractivity contribution >= 4 is 30.9 Å². The van der Waals surface area contributed by atoms with Gasteiger partial charge in [-0.25, -0.2) is 0 Å². The van der Waals surface area contributed by atoms with Crippen molar-refractivity contribution in [3.05, 3.63) is 29.5 Å². The van der Waals surface area contributed by atoms with Crippen LogP contribution in [-0.2, 0) is 60.7 Å². The first-order valence-corrected chi connectivity index (χ1v) is 39.0. The monoisotopic (exact) mass is 1170 g/mol. The Morgan fingerprint density at radius 1 is 0.747 bits per heavy atom. The van der Waals surface area contributed by atoms with Crippen molar-refractivity contribution in [3.63, 3.8) is 0 Å². The number of hydrogen-bond donors (Lipinski definition) is 0. The van der Waals surface area contributed by atoms with E-state index in [9.17, 15) is 4.79 Å². The van der Waals surface area contributed by atoms with E-state index >= 15 is 5.21 Å². The molecule has 0 amide bonds. The van der Waals surface area contributed by atoms with Gasteiger partial charge < -0.3 is 65.8 Å². The number of hydrogen-bond acceptors (Lipinski definition) is 14. The minimum Gasteiger partial charge on any atom is -0.633 e. The number of carbonyl (C=O) groups is 1. The Morgan fingerprint density at radius 2 is 1.34 bits per heavy atom. The summed E-state index contributed by atoms with van der Waals surface area (Å²) in [5.41, 5.74) is -0.734. The van der Waals surface area contributed by atoms with Crippen molar-refractivity contribution in [1.29, 1.82) is 0 Å². The van der Waals surface area contributed by atoms with Crippen LogP contribution >= 0.6 is 0 Å². The largest absolute Gasteiger partial charge is 0.633 e. The Kier molecular flexibility index (Phi) is 25.1. The van der Waals surface area contributed by atoms with Gasteiger partial charge in [0.25, 0.3) is 0 Å². The molecule has 79 heavy (non-hydrogen) atoms. The van der Waals surface area contributed by atoms with Crippen molar-refractivity contribution in [1.82, 2.24) is 0 Å². The fourth-order valence-electron chi connectivity index (χ4n) is 10.7. The molecule has 1 unspecified atom stereocenters. The van der Waals surface area contributed by atoms with Gasteiger partial charge in [0, 0.05) is 39.6 Å². The van der Waals surface area contributed by atoms with Gasteiger partial charge in [0.1, 0.15) is 36.7 Å². The van der Waals surface area contributed by atoms with Gasteiger partial charge in [-0.1, -0.05) is 114 Å². The molecule has 0 aromatic heterocycles. The van der Waals surface area contributed by atoms with E-state index in [-0.39, 0.29) is 51.7 Å². The van der Waals surface area contributed by atoms with Crippen LogP contribution in [0.3, 0.4) is 0 Å². The summed E-state index contributed by atoms with van der Waals surface area (Å²) in [5, 5.41) is 14.9. The average Bonchev–Trinajstić information content (AvgIpc) is 3.39. The highest BCUT2D eigenvalue weighted by Gasteiger charge is 2.59. The lowest BCUT2D eigenvalue weighted by atomic mass is 9.83. The highest BCUT2D eigenvalue weighted by Crippen LogP contribution is 2.47. The molecular formula is C61H117NO14Si3. The third-order valence-electron chi connectivity index (χ3n) is 18.6. The Morgan fingerprint density at radius 3 is 1.90 bits per heavy atom. The smallest absolute Gasteiger partial charge is 0.308 e. The van der Waals surface area contributed by atoms with Gasteiger partial charge in [0.05, 0.1) is 56.6 Å². The molecule has 4 aliphatic rings. The summed E-state index contributed by atoms with van der Waals surface area (Å²) in [4.78, 5) is 14.2. The number of carbonyl (C=O) groups excluding carboxylic acids is 1. The number of nitrogens with zero attached hydrogens (tertiary/aromatic N) is 1. The molecule has 0 aromatic rings. The molecule has 18 heteroatoms. The van der Waals surface area contributed by atoms with Crippen LogP contribution < -0.4 is 0 Å². The summed E-state index contributed by atoms with van der Waals surface area (Å²) in [7, 11) is -2.59. The average molecular weight is 1170 g/mol. The number of methoxy groups -OCH3 is 1. The topological polar surface area (TPSA) is 151 Å². The molecule has 4 heterocycles. The molecule has 2 bridgehead atoms. The van der Waals surface area contributed by atoms with Crippen LogP contribution in [-0.4, -0.2) is 162 Å². The van der Waals surface area contributed by atoms with Crippen LogP contribution in [0, 0.1) is 23.0 Å². The molecule has 17 atom stereocenters. The lowest BCUT2D eigenvalue weighted by Crippen LogP contribution is -2.71. The maximum Gasteiger partial charge on any atom is 0.308 e. The molecule has 462 valence electrons. The van der Waals surface area contributed by atoms with Gasteiger partial charge in [-0.3, -0.25) is 4.79 Å². The van der Waals surface area contributed by atoms with E-state index in [2.05, 4.69) is 148 Å². The minimum atomic E-state index is -2.74. The number of allylic oxidation sites excluding steroid dienone is 2. The van der Waals surface area contributed by atoms with Crippen molar-refractivity contribution in [3.8, 4) is 0 Å². The Balaban J connectivity index is 1.96. The van der Waals surface area contributed by atoms with Gasteiger partial charge in [0.2, 0.25) is 0 Å². The molecule has 0 aliphatic carbocycles. The van der Waals surface area contributed by atoms with E-state index in [1.54, 1.807) is 21.2 Å². The van der Waals surface area contributed by atoms with Crippen LogP contribution in [0.4, 0.5) is 0 Å². The molecule has 4 rings (SSSR count). The normalized spacial score (nSPS) is 36.5. The van der Waals surface area contributed by atoms with E-state index in [4.69, 9.17) is 55.9 Å². The number of cyclic esters (lactones) is 1. The number of hydroxylamine groups is 3. The standard InChI is InChI=1S/C61H117NO14Si3/c1-27-34-67-61(17)39-50(69-44(7)56(61)66-35-33-40(2)3)72-52-43(6)70-57(55(51(52)62(18,19)64)76-79(25,26)60(14,15)16)73-53-45-36-41(4)46(74-77(21,22)58(8,9)10)32-30-28-29-31-42(5)68-48(63)38-47(54(53)65-20)71-49(37-45)75-78(23,24)59(11,12)13/h28-30,32,40-47,49-57H,27,31,33-39H2,1-26H3/b29-28+,32-30+/t41-,42-,43+,44-,45-,46+,47-,49?,50-,51-,52+,53+,54+,55+,56-,57-,61+/m1/s1. The van der Waals surface area contributed by atoms with Gasteiger partial charge in [0.15, 0.2) is 43.6 Å². The van der Waals surface area contributed by atoms with E-state index < -0.39 is 109 Å². The van der Waals surface area contributed by atoms with E-state index in [0.717, 1.165) is 12.8 Å². The fourth-order valence-corrected chi connectivity index (χ4v) is 14.5. The van der Waals surface area contributed by atoms with Crippen molar-refractivity contribution < 1.29 is 65.4 Å². The maximum absolute atomic E-state index is 15.3. The Labute approximate surface area is 484 Å². The van der Waals surface area contributed by atoms with E-state index in [0.29, 0.717) is 44.8 Å². The number of rotatable bonds is 19. The molecule has 3 saturated heterocycles. The van der Waals surface area contributed by atoms with Crippen molar-refractivity contribution in [2.75, 3.05) is 34.4 Å². The lowest BCUT2D eigenvalue weighted by Gasteiger charge is -2.57. The first-order valence-electron chi connectivity index (χ1n) is 30.2. The molecule has 4 aliphatic heterocycles. The summed E-state index contributed by atoms with van der Waals surface area (Å²) < 4.78 is 83.4. The molecule has 0 N–H and O–H groups in total. The van der Waals surface area contributed by atoms with E-state index in [1.807, 2.05) is 32.9 Å². The summed E-state index contributed by atoms with van der Waals surface area (Å²) in [6, 6.07) is -0.863. The van der Waals surface area contributed by atoms with E-state index in [1.165, 1.54) is 0 Å². The zero-order chi connectivity index (χ0) is 60.1. The number of quaternary nitrogens is 1. The van der Waals surface area contributed by atoms with Gasteiger partial charge in [-0.05, 0) is 119 Å².